The third-order valence-corrected chi connectivity index (χ3v) is 4.91. The maximum absolute atomic E-state index is 11.5. The highest BCUT2D eigenvalue weighted by Crippen LogP contribution is 2.48. The first-order chi connectivity index (χ1) is 9.52. The molecule has 2 fully saturated rings. The van der Waals surface area contributed by atoms with E-state index in [2.05, 4.69) is 13.5 Å². The van der Waals surface area contributed by atoms with E-state index in [0.29, 0.717) is 30.9 Å². The second kappa shape index (κ2) is 6.57. The van der Waals surface area contributed by atoms with Crippen LogP contribution in [0.25, 0.3) is 0 Å². The van der Waals surface area contributed by atoms with Gasteiger partial charge in [-0.05, 0) is 49.5 Å². The van der Waals surface area contributed by atoms with Crippen LogP contribution in [-0.2, 0) is 4.79 Å². The van der Waals surface area contributed by atoms with Gasteiger partial charge in [-0.15, -0.1) is 6.58 Å². The number of ketones is 1. The van der Waals surface area contributed by atoms with Crippen molar-refractivity contribution in [3.05, 3.63) is 24.5 Å². The van der Waals surface area contributed by atoms with Gasteiger partial charge in [0.2, 0.25) is 0 Å². The average molecular weight is 278 g/mol. The topological polar surface area (TPSA) is 57.5 Å². The summed E-state index contributed by atoms with van der Waals surface area (Å²) in [6.07, 6.45) is 7.91. The highest BCUT2D eigenvalue weighted by molar-refractivity contribution is 5.81. The van der Waals surface area contributed by atoms with E-state index in [1.807, 2.05) is 12.2 Å². The Morgan fingerprint density at radius 2 is 2.25 bits per heavy atom. The minimum Gasteiger partial charge on any atom is -0.512 e. The molecule has 2 rings (SSSR count). The van der Waals surface area contributed by atoms with Gasteiger partial charge < -0.3 is 10.2 Å². The fourth-order valence-corrected chi connectivity index (χ4v) is 3.77. The van der Waals surface area contributed by atoms with Gasteiger partial charge in [0, 0.05) is 18.8 Å². The zero-order valence-electron chi connectivity index (χ0n) is 12.3. The average Bonchev–Trinajstić information content (AvgIpc) is 2.87. The van der Waals surface area contributed by atoms with Crippen LogP contribution in [0.5, 0.6) is 0 Å². The smallest absolute Gasteiger partial charge is 0.133 e. The normalized spacial score (nSPS) is 35.1. The van der Waals surface area contributed by atoms with Crippen molar-refractivity contribution in [1.82, 2.24) is 0 Å². The number of hydrogen-bond donors (Lipinski definition) is 2. The molecule has 0 aliphatic heterocycles. The van der Waals surface area contributed by atoms with Crippen molar-refractivity contribution >= 4 is 5.78 Å². The Labute approximate surface area is 121 Å². The third kappa shape index (κ3) is 3.32. The van der Waals surface area contributed by atoms with Crippen LogP contribution in [0.4, 0.5) is 0 Å². The van der Waals surface area contributed by atoms with Gasteiger partial charge >= 0.3 is 0 Å². The summed E-state index contributed by atoms with van der Waals surface area (Å²) in [5, 5.41) is 20.4. The van der Waals surface area contributed by atoms with Gasteiger partial charge in [-0.1, -0.05) is 13.0 Å². The third-order valence-electron chi connectivity index (χ3n) is 4.91. The second-order valence-corrected chi connectivity index (χ2v) is 6.54. The molecule has 0 spiro atoms. The van der Waals surface area contributed by atoms with Crippen LogP contribution in [0.3, 0.4) is 0 Å². The number of rotatable bonds is 6. The second-order valence-electron chi connectivity index (χ2n) is 6.54. The van der Waals surface area contributed by atoms with E-state index in [-0.39, 0.29) is 23.5 Å². The standard InChI is InChI=1S/C17H26O3/c1-3-4-5-11(2)6-7-15(19)17-14-10-13(18)8-12(14)9-16(17)20/h3,7,11-12,14,16-17,19-20H,1,4-6,8-10H2,2H3/t11?,12-,14-,16-,17+/m1/s1. The van der Waals surface area contributed by atoms with E-state index in [9.17, 15) is 15.0 Å². The van der Waals surface area contributed by atoms with E-state index < -0.39 is 6.10 Å². The van der Waals surface area contributed by atoms with Gasteiger partial charge in [0.05, 0.1) is 11.9 Å². The van der Waals surface area contributed by atoms with Crippen LogP contribution < -0.4 is 0 Å². The first kappa shape index (κ1) is 15.3. The molecule has 3 nitrogen and oxygen atoms in total. The Kier molecular flexibility index (Phi) is 5.03. The van der Waals surface area contributed by atoms with Crippen LogP contribution in [-0.4, -0.2) is 22.1 Å². The molecule has 112 valence electrons. The van der Waals surface area contributed by atoms with Gasteiger partial charge in [0.1, 0.15) is 5.78 Å². The Balaban J connectivity index is 1.95. The number of hydrogen-bond acceptors (Lipinski definition) is 3. The van der Waals surface area contributed by atoms with Crippen molar-refractivity contribution in [3.63, 3.8) is 0 Å². The number of aliphatic hydroxyl groups excluding tert-OH is 2. The molecule has 0 bridgehead atoms. The van der Waals surface area contributed by atoms with Crippen LogP contribution >= 0.6 is 0 Å². The molecule has 0 heterocycles. The largest absolute Gasteiger partial charge is 0.512 e. The summed E-state index contributed by atoms with van der Waals surface area (Å²) in [4.78, 5) is 11.5. The summed E-state index contributed by atoms with van der Waals surface area (Å²) in [7, 11) is 0. The highest BCUT2D eigenvalue weighted by Gasteiger charge is 2.49. The van der Waals surface area contributed by atoms with Crippen LogP contribution in [0.15, 0.2) is 24.5 Å². The molecule has 2 N–H and O–H groups in total. The monoisotopic (exact) mass is 278 g/mol. The van der Waals surface area contributed by atoms with E-state index in [0.717, 1.165) is 19.3 Å². The maximum Gasteiger partial charge on any atom is 0.133 e. The molecule has 0 aromatic rings. The lowest BCUT2D eigenvalue weighted by molar-refractivity contribution is -0.118. The molecule has 5 atom stereocenters. The first-order valence-electron chi connectivity index (χ1n) is 7.72. The summed E-state index contributed by atoms with van der Waals surface area (Å²) in [6.45, 7) is 5.87. The molecular formula is C17H26O3. The SMILES string of the molecule is C=CCCC(C)CC=C(O)[C@@H]1[C@@H]2CC(=O)C[C@@H]2C[C@H]1O. The number of aliphatic hydroxyl groups is 2. The van der Waals surface area contributed by atoms with E-state index in [4.69, 9.17) is 0 Å². The lowest BCUT2D eigenvalue weighted by Gasteiger charge is -2.20. The molecule has 3 heteroatoms. The molecule has 1 unspecified atom stereocenters. The Morgan fingerprint density at radius 3 is 2.95 bits per heavy atom. The molecule has 0 saturated heterocycles. The molecule has 0 radical (unpaired) electrons. The summed E-state index contributed by atoms with van der Waals surface area (Å²) in [6, 6.07) is 0. The van der Waals surface area contributed by atoms with Crippen molar-refractivity contribution in [3.8, 4) is 0 Å². The summed E-state index contributed by atoms with van der Waals surface area (Å²) < 4.78 is 0. The number of allylic oxidation sites excluding steroid dienone is 2. The highest BCUT2D eigenvalue weighted by atomic mass is 16.3. The zero-order chi connectivity index (χ0) is 14.7. The summed E-state index contributed by atoms with van der Waals surface area (Å²) in [5.74, 6) is 1.27. The summed E-state index contributed by atoms with van der Waals surface area (Å²) >= 11 is 0. The van der Waals surface area contributed by atoms with Crippen molar-refractivity contribution in [2.75, 3.05) is 0 Å². The minimum atomic E-state index is -0.488. The van der Waals surface area contributed by atoms with Crippen LogP contribution in [0.1, 0.15) is 45.4 Å². The molecule has 2 aliphatic carbocycles. The number of carbonyl (C=O) groups excluding carboxylic acids is 1. The number of carbonyl (C=O) groups is 1. The molecule has 20 heavy (non-hydrogen) atoms. The zero-order valence-corrected chi connectivity index (χ0v) is 12.3. The fourth-order valence-electron chi connectivity index (χ4n) is 3.77. The Bertz CT molecular complexity index is 399. The van der Waals surface area contributed by atoms with Gasteiger partial charge in [-0.25, -0.2) is 0 Å². The molecule has 0 aromatic carbocycles. The quantitative estimate of drug-likeness (QED) is 0.578. The molecule has 0 aromatic heterocycles. The van der Waals surface area contributed by atoms with Gasteiger partial charge in [-0.3, -0.25) is 4.79 Å². The lowest BCUT2D eigenvalue weighted by atomic mass is 9.88. The molecule has 2 aliphatic rings. The molecular weight excluding hydrogens is 252 g/mol. The van der Waals surface area contributed by atoms with E-state index in [1.54, 1.807) is 0 Å². The van der Waals surface area contributed by atoms with Gasteiger partial charge in [0.25, 0.3) is 0 Å². The van der Waals surface area contributed by atoms with Crippen LogP contribution in [0, 0.1) is 23.7 Å². The first-order valence-corrected chi connectivity index (χ1v) is 7.72. The number of Topliss-reactive ketones (excluding diaryl/α,β-unsaturated/α-hetero) is 1. The maximum atomic E-state index is 11.5. The minimum absolute atomic E-state index is 0.150. The fraction of sp³-hybridized carbons (Fsp3) is 0.706. The number of fused-ring (bicyclic) bond motifs is 1. The van der Waals surface area contributed by atoms with Crippen molar-refractivity contribution in [2.24, 2.45) is 23.7 Å². The van der Waals surface area contributed by atoms with Crippen molar-refractivity contribution in [1.29, 1.82) is 0 Å². The van der Waals surface area contributed by atoms with Crippen molar-refractivity contribution in [2.45, 2.75) is 51.6 Å². The Morgan fingerprint density at radius 1 is 1.50 bits per heavy atom. The predicted molar refractivity (Wildman–Crippen MR) is 79.3 cm³/mol. The van der Waals surface area contributed by atoms with Crippen LogP contribution in [0.2, 0.25) is 0 Å². The van der Waals surface area contributed by atoms with E-state index >= 15 is 0 Å². The molecule has 2 saturated carbocycles. The van der Waals surface area contributed by atoms with Crippen molar-refractivity contribution < 1.29 is 15.0 Å². The van der Waals surface area contributed by atoms with Gasteiger partial charge in [0.15, 0.2) is 0 Å². The summed E-state index contributed by atoms with van der Waals surface area (Å²) in [5.41, 5.74) is 0. The van der Waals surface area contributed by atoms with Gasteiger partial charge in [-0.2, -0.15) is 0 Å². The predicted octanol–water partition coefficient (Wildman–Crippen LogP) is 3.40. The van der Waals surface area contributed by atoms with E-state index in [1.165, 1.54) is 0 Å². The lowest BCUT2D eigenvalue weighted by Crippen LogP contribution is -2.22. The Hall–Kier alpha value is -1.09. The molecule has 0 amide bonds.